The molecule has 0 amide bonds. The van der Waals surface area contributed by atoms with Crippen molar-refractivity contribution in [2.45, 2.75) is 58.1 Å². The van der Waals surface area contributed by atoms with Crippen molar-refractivity contribution in [2.75, 3.05) is 5.75 Å². The number of aryl methyl sites for hydroxylation is 1. The normalized spacial score (nSPS) is 11.8. The second kappa shape index (κ2) is 7.10. The Bertz CT molecular complexity index is 311. The zero-order chi connectivity index (χ0) is 12.7. The lowest BCUT2D eigenvalue weighted by atomic mass is 10.0. The third-order valence-electron chi connectivity index (χ3n) is 3.21. The molecule has 0 unspecified atom stereocenters. The zero-order valence-corrected chi connectivity index (χ0v) is 12.6. The second-order valence-corrected chi connectivity index (χ2v) is 7.00. The summed E-state index contributed by atoms with van der Waals surface area (Å²) < 4.78 is 0.250. The average Bonchev–Trinajstić information content (AvgIpc) is 2.29. The van der Waals surface area contributed by atoms with Gasteiger partial charge in [-0.3, -0.25) is 0 Å². The molecule has 1 aromatic rings. The molecule has 0 heterocycles. The van der Waals surface area contributed by atoms with Gasteiger partial charge in [-0.2, -0.15) is 11.8 Å². The Hall–Kier alpha value is -0.430. The van der Waals surface area contributed by atoms with Crippen LogP contribution in [0.5, 0.6) is 0 Å². The summed E-state index contributed by atoms with van der Waals surface area (Å²) in [6.45, 7) is 9.09. The Morgan fingerprint density at radius 1 is 1.00 bits per heavy atom. The van der Waals surface area contributed by atoms with Crippen molar-refractivity contribution in [3.8, 4) is 0 Å². The fourth-order valence-electron chi connectivity index (χ4n) is 1.89. The van der Waals surface area contributed by atoms with E-state index in [0.29, 0.717) is 0 Å². The van der Waals surface area contributed by atoms with Crippen molar-refractivity contribution in [1.82, 2.24) is 0 Å². The van der Waals surface area contributed by atoms with Crippen molar-refractivity contribution < 1.29 is 0 Å². The topological polar surface area (TPSA) is 0 Å². The third kappa shape index (κ3) is 5.16. The predicted octanol–water partition coefficient (Wildman–Crippen LogP) is 5.54. The molecule has 0 saturated carbocycles. The van der Waals surface area contributed by atoms with Crippen molar-refractivity contribution >= 4 is 11.8 Å². The van der Waals surface area contributed by atoms with Gasteiger partial charge in [0.15, 0.2) is 0 Å². The summed E-state index contributed by atoms with van der Waals surface area (Å²) in [4.78, 5) is 0. The Morgan fingerprint density at radius 3 is 2.24 bits per heavy atom. The van der Waals surface area contributed by atoms with Gasteiger partial charge in [0.1, 0.15) is 0 Å². The lowest BCUT2D eigenvalue weighted by molar-refractivity contribution is 0.701. The van der Waals surface area contributed by atoms with E-state index in [4.69, 9.17) is 0 Å². The first-order chi connectivity index (χ1) is 8.06. The molecule has 96 valence electrons. The van der Waals surface area contributed by atoms with Gasteiger partial charge in [-0.25, -0.2) is 0 Å². The third-order valence-corrected chi connectivity index (χ3v) is 4.66. The van der Waals surface area contributed by atoms with Crippen LogP contribution in [0.15, 0.2) is 24.3 Å². The van der Waals surface area contributed by atoms with E-state index >= 15 is 0 Å². The number of hydrogen-bond donors (Lipinski definition) is 0. The van der Waals surface area contributed by atoms with Gasteiger partial charge in [-0.1, -0.05) is 56.0 Å². The summed E-state index contributed by atoms with van der Waals surface area (Å²) in [7, 11) is 0. The lowest BCUT2D eigenvalue weighted by Gasteiger charge is -2.25. The maximum atomic E-state index is 2.34. The molecule has 0 radical (unpaired) electrons. The molecule has 0 nitrogen and oxygen atoms in total. The molecule has 0 bridgehead atoms. The Labute approximate surface area is 111 Å². The summed E-state index contributed by atoms with van der Waals surface area (Å²) in [6.07, 6.45) is 5.44. The summed E-state index contributed by atoms with van der Waals surface area (Å²) in [5, 5.41) is 0. The first-order valence-electron chi connectivity index (χ1n) is 6.77. The van der Waals surface area contributed by atoms with Crippen molar-refractivity contribution in [1.29, 1.82) is 0 Å². The van der Waals surface area contributed by atoms with Crippen LogP contribution in [-0.2, 0) is 4.75 Å². The van der Waals surface area contributed by atoms with Gasteiger partial charge < -0.3 is 0 Å². The maximum absolute atomic E-state index is 2.34. The van der Waals surface area contributed by atoms with Gasteiger partial charge in [0.2, 0.25) is 0 Å². The van der Waals surface area contributed by atoms with E-state index in [1.165, 1.54) is 42.6 Å². The molecule has 0 aromatic heterocycles. The van der Waals surface area contributed by atoms with Crippen LogP contribution in [0.25, 0.3) is 0 Å². The SMILES string of the molecule is CCCCCCSC(C)(C)c1ccc(C)cc1. The van der Waals surface area contributed by atoms with Gasteiger partial charge in [0.25, 0.3) is 0 Å². The van der Waals surface area contributed by atoms with E-state index in [1.54, 1.807) is 0 Å². The molecule has 1 aromatic carbocycles. The monoisotopic (exact) mass is 250 g/mol. The van der Waals surface area contributed by atoms with Crippen LogP contribution in [-0.4, -0.2) is 5.75 Å². The molecule has 0 aliphatic heterocycles. The van der Waals surface area contributed by atoms with E-state index in [0.717, 1.165) is 0 Å². The standard InChI is InChI=1S/C16H26S/c1-5-6-7-8-13-17-16(3,4)15-11-9-14(2)10-12-15/h9-12H,5-8,13H2,1-4H3. The van der Waals surface area contributed by atoms with E-state index in [1.807, 2.05) is 0 Å². The largest absolute Gasteiger partial charge is 0.151 e. The summed E-state index contributed by atoms with van der Waals surface area (Å²) in [5.74, 6) is 1.28. The van der Waals surface area contributed by atoms with Crippen LogP contribution in [0.1, 0.15) is 57.6 Å². The molecular formula is C16H26S. The van der Waals surface area contributed by atoms with E-state index < -0.39 is 0 Å². The molecule has 0 aliphatic rings. The number of thioether (sulfide) groups is 1. The summed E-state index contributed by atoms with van der Waals surface area (Å²) in [6, 6.07) is 8.98. The quantitative estimate of drug-likeness (QED) is 0.572. The number of rotatable bonds is 7. The van der Waals surface area contributed by atoms with Gasteiger partial charge in [0.05, 0.1) is 0 Å². The molecule has 17 heavy (non-hydrogen) atoms. The van der Waals surface area contributed by atoms with E-state index in [9.17, 15) is 0 Å². The van der Waals surface area contributed by atoms with Crippen molar-refractivity contribution in [3.63, 3.8) is 0 Å². The highest BCUT2D eigenvalue weighted by atomic mass is 32.2. The minimum Gasteiger partial charge on any atom is -0.151 e. The van der Waals surface area contributed by atoms with Crippen molar-refractivity contribution in [2.24, 2.45) is 0 Å². The Kier molecular flexibility index (Phi) is 6.11. The van der Waals surface area contributed by atoms with E-state index in [2.05, 4.69) is 63.7 Å². The fourth-order valence-corrected chi connectivity index (χ4v) is 3.06. The van der Waals surface area contributed by atoms with Gasteiger partial charge in [0, 0.05) is 4.75 Å². The molecule has 1 heteroatoms. The van der Waals surface area contributed by atoms with Gasteiger partial charge >= 0.3 is 0 Å². The molecule has 1 rings (SSSR count). The number of unbranched alkanes of at least 4 members (excludes halogenated alkanes) is 3. The molecule has 0 fully saturated rings. The summed E-state index contributed by atoms with van der Waals surface area (Å²) >= 11 is 2.09. The van der Waals surface area contributed by atoms with Gasteiger partial charge in [-0.05, 0) is 38.5 Å². The van der Waals surface area contributed by atoms with Crippen molar-refractivity contribution in [3.05, 3.63) is 35.4 Å². The average molecular weight is 250 g/mol. The zero-order valence-electron chi connectivity index (χ0n) is 11.8. The molecular weight excluding hydrogens is 224 g/mol. The van der Waals surface area contributed by atoms with Crippen LogP contribution >= 0.6 is 11.8 Å². The van der Waals surface area contributed by atoms with Crippen LogP contribution in [0, 0.1) is 6.92 Å². The molecule has 0 saturated heterocycles. The summed E-state index contributed by atoms with van der Waals surface area (Å²) in [5.41, 5.74) is 2.79. The number of benzene rings is 1. The fraction of sp³-hybridized carbons (Fsp3) is 0.625. The highest BCUT2D eigenvalue weighted by molar-refractivity contribution is 8.00. The van der Waals surface area contributed by atoms with Crippen LogP contribution in [0.4, 0.5) is 0 Å². The van der Waals surface area contributed by atoms with Crippen LogP contribution in [0.3, 0.4) is 0 Å². The lowest BCUT2D eigenvalue weighted by Crippen LogP contribution is -2.12. The van der Waals surface area contributed by atoms with Crippen LogP contribution in [0.2, 0.25) is 0 Å². The number of hydrogen-bond acceptors (Lipinski definition) is 1. The molecule has 0 N–H and O–H groups in total. The minimum absolute atomic E-state index is 0.250. The highest BCUT2D eigenvalue weighted by Gasteiger charge is 2.20. The highest BCUT2D eigenvalue weighted by Crippen LogP contribution is 2.36. The first-order valence-corrected chi connectivity index (χ1v) is 7.76. The van der Waals surface area contributed by atoms with E-state index in [-0.39, 0.29) is 4.75 Å². The first kappa shape index (κ1) is 14.6. The maximum Gasteiger partial charge on any atom is 0.0352 e. The second-order valence-electron chi connectivity index (χ2n) is 5.29. The minimum atomic E-state index is 0.250. The molecule has 0 aliphatic carbocycles. The Balaban J connectivity index is 2.42. The van der Waals surface area contributed by atoms with Crippen LogP contribution < -0.4 is 0 Å². The predicted molar refractivity (Wildman–Crippen MR) is 80.8 cm³/mol. The molecule has 0 atom stereocenters. The van der Waals surface area contributed by atoms with Gasteiger partial charge in [-0.15, -0.1) is 0 Å². The Morgan fingerprint density at radius 2 is 1.65 bits per heavy atom. The molecule has 0 spiro atoms. The smallest absolute Gasteiger partial charge is 0.0352 e.